The molecule has 0 spiro atoms. The van der Waals surface area contributed by atoms with Gasteiger partial charge < -0.3 is 25.4 Å². The summed E-state index contributed by atoms with van der Waals surface area (Å²) < 4.78 is 1.75. The molecule has 2 amide bonds. The number of rotatable bonds is 7. The molecule has 1 aromatic heterocycles. The monoisotopic (exact) mass is 271 g/mol. The summed E-state index contributed by atoms with van der Waals surface area (Å²) in [6.45, 7) is 2.41. The predicted molar refractivity (Wildman–Crippen MR) is 64.2 cm³/mol. The minimum absolute atomic E-state index is 0.0477. The quantitative estimate of drug-likeness (QED) is 0.500. The molecule has 0 radical (unpaired) electrons. The lowest BCUT2D eigenvalue weighted by atomic mass is 10.2. The van der Waals surface area contributed by atoms with Gasteiger partial charge in [0.1, 0.15) is 12.4 Å². The van der Waals surface area contributed by atoms with Gasteiger partial charge in [-0.05, 0) is 6.92 Å². The number of aromatic nitrogens is 3. The number of carboxylic acid groups (broad SMARTS) is 1. The molecule has 106 valence electrons. The Balaban J connectivity index is 2.44. The van der Waals surface area contributed by atoms with Crippen LogP contribution in [0.25, 0.3) is 0 Å². The average molecular weight is 271 g/mol. The van der Waals surface area contributed by atoms with Gasteiger partial charge in [0.25, 0.3) is 0 Å². The number of amides is 2. The number of urea groups is 1. The first-order valence-corrected chi connectivity index (χ1v) is 5.83. The molecule has 1 unspecified atom stereocenters. The molecule has 1 aromatic rings. The summed E-state index contributed by atoms with van der Waals surface area (Å²) in [5.41, 5.74) is 0. The Bertz CT molecular complexity index is 433. The van der Waals surface area contributed by atoms with Crippen molar-refractivity contribution < 1.29 is 19.8 Å². The van der Waals surface area contributed by atoms with Gasteiger partial charge in [0, 0.05) is 19.6 Å². The summed E-state index contributed by atoms with van der Waals surface area (Å²) in [5, 5.41) is 29.8. The van der Waals surface area contributed by atoms with Gasteiger partial charge in [-0.1, -0.05) is 0 Å². The number of aliphatic hydroxyl groups is 1. The molecule has 0 aliphatic heterocycles. The van der Waals surface area contributed by atoms with Gasteiger partial charge >= 0.3 is 12.0 Å². The van der Waals surface area contributed by atoms with Crippen LogP contribution in [0, 0.1) is 0 Å². The first kappa shape index (κ1) is 14.9. The topological polar surface area (TPSA) is 129 Å². The Morgan fingerprint density at radius 3 is 2.84 bits per heavy atom. The van der Waals surface area contributed by atoms with Gasteiger partial charge in [0.15, 0.2) is 5.82 Å². The van der Waals surface area contributed by atoms with E-state index in [-0.39, 0.29) is 19.6 Å². The lowest BCUT2D eigenvalue weighted by Gasteiger charge is -2.13. The first-order valence-electron chi connectivity index (χ1n) is 5.83. The molecule has 0 saturated heterocycles. The lowest BCUT2D eigenvalue weighted by Crippen LogP contribution is -2.46. The van der Waals surface area contributed by atoms with Crippen molar-refractivity contribution in [3.63, 3.8) is 0 Å². The smallest absolute Gasteiger partial charge is 0.326 e. The third-order valence-electron chi connectivity index (χ3n) is 2.46. The van der Waals surface area contributed by atoms with E-state index in [9.17, 15) is 9.59 Å². The van der Waals surface area contributed by atoms with E-state index in [1.165, 1.54) is 0 Å². The molecular formula is C10H17N5O4. The van der Waals surface area contributed by atoms with Crippen LogP contribution >= 0.6 is 0 Å². The van der Waals surface area contributed by atoms with Gasteiger partial charge in [0.05, 0.1) is 6.54 Å². The molecule has 0 fully saturated rings. The van der Waals surface area contributed by atoms with Gasteiger partial charge in [-0.2, -0.15) is 0 Å². The standard InChI is InChI=1S/C10H17N5O4/c1-2-15-6-12-14-8(15)5-11-10(19)13-7(3-4-16)9(17)18/h6-7,16H,2-5H2,1H3,(H,17,18)(H2,11,13,19). The largest absolute Gasteiger partial charge is 0.480 e. The van der Waals surface area contributed by atoms with Crippen LogP contribution in [0.15, 0.2) is 6.33 Å². The number of carbonyl (C=O) groups excluding carboxylic acids is 1. The molecule has 0 aromatic carbocycles. The van der Waals surface area contributed by atoms with Crippen molar-refractivity contribution in [3.8, 4) is 0 Å². The second-order valence-electron chi connectivity index (χ2n) is 3.76. The molecule has 0 saturated carbocycles. The molecule has 0 aliphatic rings. The van der Waals surface area contributed by atoms with E-state index in [4.69, 9.17) is 10.2 Å². The summed E-state index contributed by atoms with van der Waals surface area (Å²) in [5.74, 6) is -0.618. The van der Waals surface area contributed by atoms with E-state index >= 15 is 0 Å². The number of aliphatic hydroxyl groups excluding tert-OH is 1. The Morgan fingerprint density at radius 2 is 2.26 bits per heavy atom. The van der Waals surface area contributed by atoms with E-state index in [0.29, 0.717) is 12.4 Å². The van der Waals surface area contributed by atoms with Crippen molar-refractivity contribution in [2.75, 3.05) is 6.61 Å². The minimum Gasteiger partial charge on any atom is -0.480 e. The molecule has 1 rings (SSSR count). The fraction of sp³-hybridized carbons (Fsp3) is 0.600. The molecule has 9 nitrogen and oxygen atoms in total. The Labute approximate surface area is 109 Å². The van der Waals surface area contributed by atoms with Crippen molar-refractivity contribution in [1.29, 1.82) is 0 Å². The molecule has 1 heterocycles. The van der Waals surface area contributed by atoms with E-state index in [1.807, 2.05) is 6.92 Å². The number of hydrogen-bond acceptors (Lipinski definition) is 5. The number of carboxylic acids is 1. The highest BCUT2D eigenvalue weighted by Crippen LogP contribution is 1.95. The Kier molecular flexibility index (Phi) is 5.73. The highest BCUT2D eigenvalue weighted by atomic mass is 16.4. The van der Waals surface area contributed by atoms with E-state index in [2.05, 4.69) is 20.8 Å². The van der Waals surface area contributed by atoms with E-state index in [1.54, 1.807) is 10.9 Å². The van der Waals surface area contributed by atoms with Crippen molar-refractivity contribution in [1.82, 2.24) is 25.4 Å². The summed E-state index contributed by atoms with van der Waals surface area (Å²) in [4.78, 5) is 22.3. The second-order valence-corrected chi connectivity index (χ2v) is 3.76. The molecule has 0 aliphatic carbocycles. The van der Waals surface area contributed by atoms with Crippen LogP contribution in [0.3, 0.4) is 0 Å². The lowest BCUT2D eigenvalue weighted by molar-refractivity contribution is -0.139. The number of aliphatic carboxylic acids is 1. The van der Waals surface area contributed by atoms with E-state index in [0.717, 1.165) is 0 Å². The zero-order valence-electron chi connectivity index (χ0n) is 10.5. The number of hydrogen-bond donors (Lipinski definition) is 4. The summed E-state index contributed by atoms with van der Waals surface area (Å²) in [6.07, 6.45) is 1.49. The van der Waals surface area contributed by atoms with Crippen LogP contribution < -0.4 is 10.6 Å². The predicted octanol–water partition coefficient (Wildman–Crippen LogP) is -1.07. The van der Waals surface area contributed by atoms with Crippen LogP contribution in [-0.2, 0) is 17.9 Å². The van der Waals surface area contributed by atoms with Gasteiger partial charge in [0.2, 0.25) is 0 Å². The number of carbonyl (C=O) groups is 2. The third kappa shape index (κ3) is 4.54. The highest BCUT2D eigenvalue weighted by molar-refractivity contribution is 5.82. The van der Waals surface area contributed by atoms with Crippen LogP contribution in [0.2, 0.25) is 0 Å². The Morgan fingerprint density at radius 1 is 1.53 bits per heavy atom. The van der Waals surface area contributed by atoms with Crippen molar-refractivity contribution in [2.24, 2.45) is 0 Å². The maximum atomic E-state index is 11.5. The molecule has 19 heavy (non-hydrogen) atoms. The fourth-order valence-corrected chi connectivity index (χ4v) is 1.44. The fourth-order valence-electron chi connectivity index (χ4n) is 1.44. The van der Waals surface area contributed by atoms with Crippen molar-refractivity contribution >= 4 is 12.0 Å². The zero-order valence-corrected chi connectivity index (χ0v) is 10.5. The van der Waals surface area contributed by atoms with Crippen molar-refractivity contribution in [3.05, 3.63) is 12.2 Å². The maximum absolute atomic E-state index is 11.5. The zero-order chi connectivity index (χ0) is 14.3. The number of nitrogens with zero attached hydrogens (tertiary/aromatic N) is 3. The Hall–Kier alpha value is -2.16. The van der Waals surface area contributed by atoms with Crippen molar-refractivity contribution in [2.45, 2.75) is 32.5 Å². The minimum atomic E-state index is -1.19. The molecule has 4 N–H and O–H groups in total. The highest BCUT2D eigenvalue weighted by Gasteiger charge is 2.19. The van der Waals surface area contributed by atoms with Gasteiger partial charge in [-0.15, -0.1) is 10.2 Å². The average Bonchev–Trinajstić information content (AvgIpc) is 2.83. The van der Waals surface area contributed by atoms with Gasteiger partial charge in [-0.25, -0.2) is 9.59 Å². The third-order valence-corrected chi connectivity index (χ3v) is 2.46. The summed E-state index contributed by atoms with van der Waals surface area (Å²) >= 11 is 0. The molecule has 0 bridgehead atoms. The number of nitrogens with one attached hydrogen (secondary N) is 2. The maximum Gasteiger partial charge on any atom is 0.326 e. The summed E-state index contributed by atoms with van der Waals surface area (Å²) in [6, 6.07) is -1.75. The van der Waals surface area contributed by atoms with Crippen LogP contribution in [0.4, 0.5) is 4.79 Å². The van der Waals surface area contributed by atoms with Gasteiger partial charge in [-0.3, -0.25) is 0 Å². The molecular weight excluding hydrogens is 254 g/mol. The van der Waals surface area contributed by atoms with Crippen LogP contribution in [0.1, 0.15) is 19.2 Å². The molecule has 1 atom stereocenters. The second kappa shape index (κ2) is 7.31. The first-order chi connectivity index (χ1) is 9.08. The summed E-state index contributed by atoms with van der Waals surface area (Å²) in [7, 11) is 0. The molecule has 9 heteroatoms. The number of aryl methyl sites for hydroxylation is 1. The van der Waals surface area contributed by atoms with E-state index < -0.39 is 18.0 Å². The normalized spacial score (nSPS) is 11.9. The van der Waals surface area contributed by atoms with Crippen LogP contribution in [0.5, 0.6) is 0 Å². The van der Waals surface area contributed by atoms with Crippen LogP contribution in [-0.4, -0.2) is 49.6 Å². The SMILES string of the molecule is CCn1cnnc1CNC(=O)NC(CCO)C(=O)O.